The van der Waals surface area contributed by atoms with Gasteiger partial charge in [0.2, 0.25) is 11.5 Å². The minimum Gasteiger partial charge on any atom is -0.480 e. The summed E-state index contributed by atoms with van der Waals surface area (Å²) in [7, 11) is 0. The summed E-state index contributed by atoms with van der Waals surface area (Å²) in [4.78, 5) is 27.5. The monoisotopic (exact) mass is 352 g/mol. The zero-order valence-corrected chi connectivity index (χ0v) is 12.9. The number of aromatic nitrogens is 1. The quantitative estimate of drug-likeness (QED) is 0.813. The molecule has 1 atom stereocenters. The number of nitrogens with zero attached hydrogens (tertiary/aromatic N) is 2. The Hall–Kier alpha value is -1.68. The Morgan fingerprint density at radius 1 is 1.43 bits per heavy atom. The van der Waals surface area contributed by atoms with E-state index < -0.39 is 41.6 Å². The van der Waals surface area contributed by atoms with Crippen molar-refractivity contribution in [2.45, 2.75) is 44.0 Å². The van der Waals surface area contributed by atoms with E-state index in [1.165, 1.54) is 12.3 Å². The number of thiazole rings is 1. The maximum Gasteiger partial charge on any atom is 0.424 e. The van der Waals surface area contributed by atoms with Gasteiger partial charge in [0.1, 0.15) is 11.6 Å². The Morgan fingerprint density at radius 3 is 2.43 bits per heavy atom. The molecule has 0 radical (unpaired) electrons. The minimum absolute atomic E-state index is 0.296. The van der Waals surface area contributed by atoms with Crippen molar-refractivity contribution in [3.63, 3.8) is 0 Å². The Balaban J connectivity index is 2.27. The molecule has 23 heavy (non-hydrogen) atoms. The van der Waals surface area contributed by atoms with Crippen molar-refractivity contribution in [2.24, 2.45) is 0 Å². The van der Waals surface area contributed by atoms with Crippen molar-refractivity contribution < 1.29 is 33.0 Å². The van der Waals surface area contributed by atoms with Gasteiger partial charge in [0.15, 0.2) is 0 Å². The number of amides is 1. The first-order valence-electron chi connectivity index (χ1n) is 6.77. The third kappa shape index (κ3) is 3.81. The van der Waals surface area contributed by atoms with Crippen molar-refractivity contribution in [2.75, 3.05) is 6.54 Å². The van der Waals surface area contributed by atoms with E-state index >= 15 is 0 Å². The molecule has 2 rings (SSSR count). The zero-order valence-electron chi connectivity index (χ0n) is 12.1. The predicted octanol–water partition coefficient (Wildman–Crippen LogP) is 1.67. The number of aliphatic hydroxyl groups is 1. The van der Waals surface area contributed by atoms with Crippen LogP contribution < -0.4 is 0 Å². The molecule has 1 aromatic rings. The fourth-order valence-corrected chi connectivity index (χ4v) is 3.03. The number of aliphatic carboxylic acids is 1. The van der Waals surface area contributed by atoms with Gasteiger partial charge in [-0.2, -0.15) is 13.2 Å². The van der Waals surface area contributed by atoms with Gasteiger partial charge in [-0.05, 0) is 19.8 Å². The van der Waals surface area contributed by atoms with E-state index in [-0.39, 0.29) is 6.04 Å². The highest BCUT2D eigenvalue weighted by atomic mass is 32.1. The normalized spacial score (nSPS) is 17.6. The van der Waals surface area contributed by atoms with Crippen LogP contribution in [0.4, 0.5) is 13.2 Å². The summed E-state index contributed by atoms with van der Waals surface area (Å²) in [5.74, 6) is -2.37. The van der Waals surface area contributed by atoms with Crippen LogP contribution in [0.25, 0.3) is 0 Å². The van der Waals surface area contributed by atoms with E-state index in [0.29, 0.717) is 29.9 Å². The molecule has 128 valence electrons. The van der Waals surface area contributed by atoms with Gasteiger partial charge in [-0.3, -0.25) is 9.59 Å². The molecule has 1 aliphatic carbocycles. The van der Waals surface area contributed by atoms with Crippen molar-refractivity contribution in [1.82, 2.24) is 9.88 Å². The highest BCUT2D eigenvalue weighted by Gasteiger charge is 2.59. The molecule has 10 heteroatoms. The van der Waals surface area contributed by atoms with Gasteiger partial charge in [-0.15, -0.1) is 11.3 Å². The van der Waals surface area contributed by atoms with Gasteiger partial charge < -0.3 is 15.1 Å². The largest absolute Gasteiger partial charge is 0.480 e. The van der Waals surface area contributed by atoms with Crippen LogP contribution in [0.2, 0.25) is 0 Å². The number of aryl methyl sites for hydroxylation is 1. The number of hydrogen-bond acceptors (Lipinski definition) is 5. The van der Waals surface area contributed by atoms with Crippen molar-refractivity contribution in [1.29, 1.82) is 0 Å². The summed E-state index contributed by atoms with van der Waals surface area (Å²) in [6.07, 6.45) is -5.31. The Labute approximate surface area is 133 Å². The summed E-state index contributed by atoms with van der Waals surface area (Å²) < 4.78 is 40.0. The first kappa shape index (κ1) is 17.7. The van der Waals surface area contributed by atoms with Crippen LogP contribution in [0.1, 0.15) is 30.0 Å². The maximum absolute atomic E-state index is 13.3. The van der Waals surface area contributed by atoms with Crippen LogP contribution >= 0.6 is 11.3 Å². The van der Waals surface area contributed by atoms with Crippen molar-refractivity contribution in [3.8, 4) is 0 Å². The first-order valence-corrected chi connectivity index (χ1v) is 7.65. The van der Waals surface area contributed by atoms with Gasteiger partial charge in [0.05, 0.1) is 6.42 Å². The third-order valence-corrected chi connectivity index (χ3v) is 4.57. The second-order valence-corrected chi connectivity index (χ2v) is 6.33. The second-order valence-electron chi connectivity index (χ2n) is 5.48. The Morgan fingerprint density at radius 2 is 2.04 bits per heavy atom. The lowest BCUT2D eigenvalue weighted by atomic mass is 9.98. The molecule has 1 amide bonds. The van der Waals surface area contributed by atoms with E-state index in [0.717, 1.165) is 4.90 Å². The van der Waals surface area contributed by atoms with Crippen LogP contribution in [0.15, 0.2) is 5.38 Å². The molecule has 1 unspecified atom stereocenters. The smallest absolute Gasteiger partial charge is 0.424 e. The van der Waals surface area contributed by atoms with Crippen LogP contribution in [0.3, 0.4) is 0 Å². The molecule has 1 saturated carbocycles. The van der Waals surface area contributed by atoms with Crippen LogP contribution in [-0.4, -0.2) is 50.7 Å². The number of carboxylic acids is 1. The summed E-state index contributed by atoms with van der Waals surface area (Å²) >= 11 is 0.607. The summed E-state index contributed by atoms with van der Waals surface area (Å²) in [6.45, 7) is 0.786. The second kappa shape index (κ2) is 6.08. The molecule has 2 N–H and O–H groups in total. The number of carbonyl (C=O) groups excluding carboxylic acids is 1. The zero-order chi connectivity index (χ0) is 17.4. The number of rotatable bonds is 6. The maximum atomic E-state index is 13.3. The predicted molar refractivity (Wildman–Crippen MR) is 73.8 cm³/mol. The van der Waals surface area contributed by atoms with E-state index in [2.05, 4.69) is 4.98 Å². The highest BCUT2D eigenvalue weighted by molar-refractivity contribution is 7.09. The number of hydrogen-bond donors (Lipinski definition) is 2. The molecule has 0 aromatic carbocycles. The lowest BCUT2D eigenvalue weighted by Crippen LogP contribution is -2.48. The molecule has 0 spiro atoms. The molecular weight excluding hydrogens is 337 g/mol. The topological polar surface area (TPSA) is 90.7 Å². The lowest BCUT2D eigenvalue weighted by Gasteiger charge is -2.30. The average Bonchev–Trinajstić information content (AvgIpc) is 3.15. The van der Waals surface area contributed by atoms with Crippen LogP contribution in [0.5, 0.6) is 0 Å². The van der Waals surface area contributed by atoms with Gasteiger partial charge in [-0.25, -0.2) is 4.98 Å². The molecule has 1 aliphatic rings. The van der Waals surface area contributed by atoms with Crippen LogP contribution in [-0.2, 0) is 15.2 Å². The standard InChI is InChI=1S/C13H15F3N2O4S/c1-7-6-23-11(17-7)12(22,13(14,15)16)4-9(19)18(5-10(20)21)8-2-3-8/h6,8,22H,2-5H2,1H3,(H,20,21). The van der Waals surface area contributed by atoms with E-state index in [9.17, 15) is 27.9 Å². The van der Waals surface area contributed by atoms with E-state index in [1.807, 2.05) is 0 Å². The number of halogens is 3. The fourth-order valence-electron chi connectivity index (χ4n) is 2.11. The lowest BCUT2D eigenvalue weighted by molar-refractivity contribution is -0.268. The molecule has 0 aliphatic heterocycles. The minimum atomic E-state index is -5.11. The summed E-state index contributed by atoms with van der Waals surface area (Å²) in [6, 6.07) is -0.380. The molecule has 1 aromatic heterocycles. The number of alkyl halides is 3. The molecule has 1 heterocycles. The molecule has 0 bridgehead atoms. The fraction of sp³-hybridized carbons (Fsp3) is 0.615. The molecular formula is C13H15F3N2O4S. The SMILES string of the molecule is Cc1csc(C(O)(CC(=O)N(CC(=O)O)C2CC2)C(F)(F)F)n1. The van der Waals surface area contributed by atoms with Crippen LogP contribution in [0, 0.1) is 6.92 Å². The van der Waals surface area contributed by atoms with Gasteiger partial charge in [-0.1, -0.05) is 0 Å². The van der Waals surface area contributed by atoms with Crippen molar-refractivity contribution >= 4 is 23.2 Å². The van der Waals surface area contributed by atoms with E-state index in [4.69, 9.17) is 5.11 Å². The van der Waals surface area contributed by atoms with Gasteiger partial charge in [0, 0.05) is 17.1 Å². The van der Waals surface area contributed by atoms with Gasteiger partial charge in [0.25, 0.3) is 0 Å². The first-order chi connectivity index (χ1) is 10.5. The third-order valence-electron chi connectivity index (χ3n) is 3.46. The summed E-state index contributed by atoms with van der Waals surface area (Å²) in [5, 5.41) is 19.6. The molecule has 1 fully saturated rings. The molecule has 0 saturated heterocycles. The summed E-state index contributed by atoms with van der Waals surface area (Å²) in [5.41, 5.74) is -3.13. The highest BCUT2D eigenvalue weighted by Crippen LogP contribution is 2.43. The Bertz CT molecular complexity index is 615. The van der Waals surface area contributed by atoms with Gasteiger partial charge >= 0.3 is 12.1 Å². The van der Waals surface area contributed by atoms with E-state index in [1.54, 1.807) is 0 Å². The number of carbonyl (C=O) groups is 2. The average molecular weight is 352 g/mol. The number of carboxylic acid groups (broad SMARTS) is 1. The Kier molecular flexibility index (Phi) is 4.67. The van der Waals surface area contributed by atoms with Crippen molar-refractivity contribution in [3.05, 3.63) is 16.1 Å². The molecule has 6 nitrogen and oxygen atoms in total.